The third-order valence-electron chi connectivity index (χ3n) is 3.98. The summed E-state index contributed by atoms with van der Waals surface area (Å²) in [5, 5.41) is 0. The predicted molar refractivity (Wildman–Crippen MR) is 67.9 cm³/mol. The summed E-state index contributed by atoms with van der Waals surface area (Å²) in [5.74, 6) is 1.49. The number of nitrogens with two attached hydrogens (primary N) is 1. The van der Waals surface area contributed by atoms with Crippen LogP contribution in [0.15, 0.2) is 0 Å². The van der Waals surface area contributed by atoms with E-state index in [9.17, 15) is 0 Å². The first kappa shape index (κ1) is 11.3. The van der Waals surface area contributed by atoms with Crippen LogP contribution in [0.3, 0.4) is 0 Å². The van der Waals surface area contributed by atoms with E-state index < -0.39 is 0 Å². The molecule has 1 heterocycles. The van der Waals surface area contributed by atoms with E-state index >= 15 is 0 Å². The quantitative estimate of drug-likeness (QED) is 0.748. The van der Waals surface area contributed by atoms with Crippen molar-refractivity contribution in [3.8, 4) is 0 Å². The molecule has 2 nitrogen and oxygen atoms in total. The van der Waals surface area contributed by atoms with Crippen LogP contribution in [-0.4, -0.2) is 29.5 Å². The average molecular weight is 226 g/mol. The summed E-state index contributed by atoms with van der Waals surface area (Å²) in [6.07, 6.45) is 8.18. The van der Waals surface area contributed by atoms with Gasteiger partial charge in [-0.3, -0.25) is 0 Å². The van der Waals surface area contributed by atoms with Gasteiger partial charge in [-0.25, -0.2) is 0 Å². The lowest BCUT2D eigenvalue weighted by Gasteiger charge is -2.33. The second-order valence-corrected chi connectivity index (χ2v) is 5.60. The van der Waals surface area contributed by atoms with E-state index in [-0.39, 0.29) is 0 Å². The number of hydrogen-bond acceptors (Lipinski definition) is 2. The maximum absolute atomic E-state index is 5.69. The van der Waals surface area contributed by atoms with Crippen LogP contribution in [0.2, 0.25) is 0 Å². The molecule has 1 saturated carbocycles. The van der Waals surface area contributed by atoms with Crippen molar-refractivity contribution in [3.05, 3.63) is 0 Å². The molecule has 0 aromatic rings. The normalized spacial score (nSPS) is 25.9. The van der Waals surface area contributed by atoms with Crippen molar-refractivity contribution in [3.63, 3.8) is 0 Å². The number of hydrogen-bond donors (Lipinski definition) is 1. The molecule has 0 radical (unpaired) electrons. The Bertz CT molecular complexity index is 216. The van der Waals surface area contributed by atoms with Crippen LogP contribution in [0.1, 0.15) is 38.5 Å². The van der Waals surface area contributed by atoms with Gasteiger partial charge < -0.3 is 10.6 Å². The smallest absolute Gasteiger partial charge is 0.0759 e. The predicted octanol–water partition coefficient (Wildman–Crippen LogP) is 2.17. The van der Waals surface area contributed by atoms with Crippen LogP contribution in [0.4, 0.5) is 0 Å². The van der Waals surface area contributed by atoms with Crippen molar-refractivity contribution in [1.29, 1.82) is 0 Å². The number of likely N-dealkylation sites (tertiary alicyclic amines) is 1. The molecule has 0 amide bonds. The van der Waals surface area contributed by atoms with Gasteiger partial charge in [0, 0.05) is 12.5 Å². The molecule has 0 unspecified atom stereocenters. The molecule has 3 heteroatoms. The van der Waals surface area contributed by atoms with Crippen LogP contribution in [-0.2, 0) is 0 Å². The van der Waals surface area contributed by atoms with Gasteiger partial charge in [-0.05, 0) is 44.7 Å². The van der Waals surface area contributed by atoms with Crippen molar-refractivity contribution in [2.75, 3.05) is 19.6 Å². The van der Waals surface area contributed by atoms with E-state index in [1.807, 2.05) is 0 Å². The van der Waals surface area contributed by atoms with E-state index in [1.54, 1.807) is 0 Å². The molecule has 0 aromatic carbocycles. The first-order valence-electron chi connectivity index (χ1n) is 6.27. The summed E-state index contributed by atoms with van der Waals surface area (Å²) in [6, 6.07) is 0. The number of rotatable bonds is 3. The molecule has 2 fully saturated rings. The fraction of sp³-hybridized carbons (Fsp3) is 0.917. The number of thiocarbonyl (C=S) groups is 1. The highest BCUT2D eigenvalue weighted by Crippen LogP contribution is 2.27. The summed E-state index contributed by atoms with van der Waals surface area (Å²) in [7, 11) is 0. The van der Waals surface area contributed by atoms with E-state index in [2.05, 4.69) is 4.90 Å². The van der Waals surface area contributed by atoms with Crippen LogP contribution in [0.25, 0.3) is 0 Å². The van der Waals surface area contributed by atoms with Gasteiger partial charge >= 0.3 is 0 Å². The van der Waals surface area contributed by atoms with Crippen molar-refractivity contribution in [2.24, 2.45) is 17.6 Å². The summed E-state index contributed by atoms with van der Waals surface area (Å²) < 4.78 is 0. The van der Waals surface area contributed by atoms with Crippen LogP contribution in [0.5, 0.6) is 0 Å². The van der Waals surface area contributed by atoms with E-state index in [1.165, 1.54) is 58.2 Å². The highest BCUT2D eigenvalue weighted by atomic mass is 32.1. The Morgan fingerprint density at radius 2 is 1.73 bits per heavy atom. The zero-order valence-electron chi connectivity index (χ0n) is 9.45. The maximum atomic E-state index is 5.69. The first-order chi connectivity index (χ1) is 7.25. The Balaban J connectivity index is 1.71. The lowest BCUT2D eigenvalue weighted by atomic mass is 9.96. The zero-order chi connectivity index (χ0) is 10.7. The molecular formula is C12H22N2S. The summed E-state index contributed by atoms with van der Waals surface area (Å²) in [6.45, 7) is 3.74. The van der Waals surface area contributed by atoms with Gasteiger partial charge in [0.25, 0.3) is 0 Å². The second kappa shape index (κ2) is 5.26. The molecule has 2 rings (SSSR count). The molecule has 0 aromatic heterocycles. The molecule has 0 bridgehead atoms. The first-order valence-corrected chi connectivity index (χ1v) is 6.68. The molecule has 1 aliphatic heterocycles. The molecule has 86 valence electrons. The van der Waals surface area contributed by atoms with Gasteiger partial charge in [0.2, 0.25) is 0 Å². The Hall–Kier alpha value is -0.150. The SMILES string of the molecule is NC(=S)C1CCN(CC2CCCC2)CC1. The van der Waals surface area contributed by atoms with Crippen molar-refractivity contribution in [2.45, 2.75) is 38.5 Å². The summed E-state index contributed by atoms with van der Waals surface area (Å²) in [4.78, 5) is 3.35. The lowest BCUT2D eigenvalue weighted by Crippen LogP contribution is -2.39. The third kappa shape index (κ3) is 3.15. The minimum atomic E-state index is 0.514. The van der Waals surface area contributed by atoms with Crippen molar-refractivity contribution < 1.29 is 0 Å². The zero-order valence-corrected chi connectivity index (χ0v) is 10.3. The highest BCUT2D eigenvalue weighted by molar-refractivity contribution is 7.80. The monoisotopic (exact) mass is 226 g/mol. The van der Waals surface area contributed by atoms with Gasteiger partial charge in [-0.1, -0.05) is 25.1 Å². The molecule has 0 atom stereocenters. The fourth-order valence-corrected chi connectivity index (χ4v) is 3.19. The van der Waals surface area contributed by atoms with E-state index in [0.29, 0.717) is 5.92 Å². The maximum Gasteiger partial charge on any atom is 0.0759 e. The van der Waals surface area contributed by atoms with E-state index in [4.69, 9.17) is 18.0 Å². The molecule has 2 N–H and O–H groups in total. The summed E-state index contributed by atoms with van der Waals surface area (Å²) >= 11 is 5.06. The Labute approximate surface area is 98.2 Å². The number of nitrogens with zero attached hydrogens (tertiary/aromatic N) is 1. The largest absolute Gasteiger partial charge is 0.393 e. The standard InChI is InChI=1S/C12H22N2S/c13-12(15)11-5-7-14(8-6-11)9-10-3-1-2-4-10/h10-11H,1-9H2,(H2,13,15). The van der Waals surface area contributed by atoms with Gasteiger partial charge in [0.05, 0.1) is 4.99 Å². The Kier molecular flexibility index (Phi) is 3.98. The molecule has 1 saturated heterocycles. The average Bonchev–Trinajstić information content (AvgIpc) is 2.71. The lowest BCUT2D eigenvalue weighted by molar-refractivity contribution is 0.181. The highest BCUT2D eigenvalue weighted by Gasteiger charge is 2.24. The van der Waals surface area contributed by atoms with Crippen molar-refractivity contribution in [1.82, 2.24) is 4.90 Å². The fourth-order valence-electron chi connectivity index (χ4n) is 2.96. The Morgan fingerprint density at radius 1 is 1.13 bits per heavy atom. The van der Waals surface area contributed by atoms with Crippen LogP contribution < -0.4 is 5.73 Å². The molecule has 15 heavy (non-hydrogen) atoms. The van der Waals surface area contributed by atoms with Gasteiger partial charge in [-0.2, -0.15) is 0 Å². The molecule has 2 aliphatic rings. The third-order valence-corrected chi connectivity index (χ3v) is 4.31. The summed E-state index contributed by atoms with van der Waals surface area (Å²) in [5.41, 5.74) is 5.69. The molecular weight excluding hydrogens is 204 g/mol. The van der Waals surface area contributed by atoms with Gasteiger partial charge in [-0.15, -0.1) is 0 Å². The number of piperidine rings is 1. The topological polar surface area (TPSA) is 29.3 Å². The van der Waals surface area contributed by atoms with Crippen molar-refractivity contribution >= 4 is 17.2 Å². The Morgan fingerprint density at radius 3 is 2.27 bits per heavy atom. The second-order valence-electron chi connectivity index (χ2n) is 5.13. The van der Waals surface area contributed by atoms with Gasteiger partial charge in [0.15, 0.2) is 0 Å². The minimum Gasteiger partial charge on any atom is -0.393 e. The molecule has 0 spiro atoms. The van der Waals surface area contributed by atoms with Crippen LogP contribution in [0, 0.1) is 11.8 Å². The minimum absolute atomic E-state index is 0.514. The van der Waals surface area contributed by atoms with Gasteiger partial charge in [0.1, 0.15) is 0 Å². The van der Waals surface area contributed by atoms with Crippen LogP contribution >= 0.6 is 12.2 Å². The van der Waals surface area contributed by atoms with E-state index in [0.717, 1.165) is 10.9 Å². The molecule has 1 aliphatic carbocycles.